The van der Waals surface area contributed by atoms with E-state index in [1.54, 1.807) is 7.11 Å². The summed E-state index contributed by atoms with van der Waals surface area (Å²) >= 11 is 1.91. The topological polar surface area (TPSA) is 95.9 Å². The lowest BCUT2D eigenvalue weighted by atomic mass is 10.1. The Morgan fingerprint density at radius 1 is 1.14 bits per heavy atom. The quantitative estimate of drug-likeness (QED) is 0.494. The van der Waals surface area contributed by atoms with Crippen molar-refractivity contribution in [1.29, 1.82) is 0 Å². The van der Waals surface area contributed by atoms with Gasteiger partial charge in [-0.2, -0.15) is 11.8 Å². The number of carboxylic acids is 2. The number of aliphatic carboxylic acids is 2. The third kappa shape index (κ3) is 11.0. The van der Waals surface area contributed by atoms with E-state index in [0.717, 1.165) is 25.3 Å². The van der Waals surface area contributed by atoms with Gasteiger partial charge in [0.1, 0.15) is 5.75 Å². The Balaban J connectivity index is 0.000000626. The summed E-state index contributed by atoms with van der Waals surface area (Å²) < 4.78 is 5.12. The third-order valence-corrected chi connectivity index (χ3v) is 3.33. The van der Waals surface area contributed by atoms with Gasteiger partial charge in [-0.1, -0.05) is 12.1 Å². The zero-order valence-corrected chi connectivity index (χ0v) is 13.7. The van der Waals surface area contributed by atoms with Crippen LogP contribution in [0.25, 0.3) is 0 Å². The molecular weight excluding hydrogens is 306 g/mol. The Bertz CT molecular complexity index is 424. The van der Waals surface area contributed by atoms with Gasteiger partial charge in [-0.05, 0) is 55.6 Å². The molecule has 0 heterocycles. The minimum Gasteiger partial charge on any atom is -0.497 e. The molecule has 0 atom stereocenters. The molecule has 6 nitrogen and oxygen atoms in total. The molecule has 0 spiro atoms. The molecule has 1 aromatic carbocycles. The van der Waals surface area contributed by atoms with E-state index in [0.29, 0.717) is 0 Å². The Morgan fingerprint density at radius 2 is 1.73 bits per heavy atom. The normalized spacial score (nSPS) is 9.55. The molecule has 0 amide bonds. The monoisotopic (exact) mass is 329 g/mol. The van der Waals surface area contributed by atoms with Crippen LogP contribution in [-0.2, 0) is 16.0 Å². The van der Waals surface area contributed by atoms with Gasteiger partial charge in [0.2, 0.25) is 0 Å². The van der Waals surface area contributed by atoms with E-state index in [1.807, 2.05) is 23.9 Å². The molecule has 3 N–H and O–H groups in total. The van der Waals surface area contributed by atoms with Crippen LogP contribution in [0.1, 0.15) is 12.0 Å². The first kappa shape index (κ1) is 20.3. The van der Waals surface area contributed by atoms with Crippen LogP contribution in [-0.4, -0.2) is 54.4 Å². The van der Waals surface area contributed by atoms with Crippen molar-refractivity contribution in [3.8, 4) is 5.75 Å². The second-order valence-corrected chi connectivity index (χ2v) is 5.29. The first-order chi connectivity index (χ1) is 10.5. The fraction of sp³-hybridized carbons (Fsp3) is 0.467. The molecule has 0 saturated heterocycles. The van der Waals surface area contributed by atoms with Crippen molar-refractivity contribution >= 4 is 23.7 Å². The second-order valence-electron chi connectivity index (χ2n) is 4.30. The maximum Gasteiger partial charge on any atom is 0.414 e. The summed E-state index contributed by atoms with van der Waals surface area (Å²) in [7, 11) is 1.70. The molecule has 0 aliphatic heterocycles. The van der Waals surface area contributed by atoms with Crippen molar-refractivity contribution in [2.75, 3.05) is 32.2 Å². The molecule has 0 saturated carbocycles. The van der Waals surface area contributed by atoms with Crippen LogP contribution in [0, 0.1) is 0 Å². The van der Waals surface area contributed by atoms with Crippen molar-refractivity contribution in [1.82, 2.24) is 5.32 Å². The fourth-order valence-electron chi connectivity index (χ4n) is 1.49. The van der Waals surface area contributed by atoms with Gasteiger partial charge in [-0.15, -0.1) is 0 Å². The minimum atomic E-state index is -1.82. The molecule has 0 aliphatic rings. The molecular formula is C15H23NO5S. The Morgan fingerprint density at radius 3 is 2.18 bits per heavy atom. The number of ether oxygens (including phenoxy) is 1. The number of hydrogen-bond acceptors (Lipinski definition) is 5. The highest BCUT2D eigenvalue weighted by molar-refractivity contribution is 7.98. The number of methoxy groups -OCH3 is 1. The van der Waals surface area contributed by atoms with Gasteiger partial charge >= 0.3 is 11.9 Å². The van der Waals surface area contributed by atoms with Crippen LogP contribution >= 0.6 is 11.8 Å². The highest BCUT2D eigenvalue weighted by Crippen LogP contribution is 2.11. The summed E-state index contributed by atoms with van der Waals surface area (Å²) in [5.41, 5.74) is 1.36. The highest BCUT2D eigenvalue weighted by atomic mass is 32.2. The first-order valence-corrected chi connectivity index (χ1v) is 8.19. The SMILES string of the molecule is COc1ccc(CCNCCCSC)cc1.O=C(O)C(=O)O. The number of carbonyl (C=O) groups is 2. The number of thioether (sulfide) groups is 1. The molecule has 22 heavy (non-hydrogen) atoms. The maximum absolute atomic E-state index is 9.10. The highest BCUT2D eigenvalue weighted by Gasteiger charge is 2.04. The average Bonchev–Trinajstić information content (AvgIpc) is 2.52. The van der Waals surface area contributed by atoms with E-state index in [1.165, 1.54) is 17.7 Å². The zero-order chi connectivity index (χ0) is 16.8. The lowest BCUT2D eigenvalue weighted by molar-refractivity contribution is -0.159. The van der Waals surface area contributed by atoms with E-state index >= 15 is 0 Å². The van der Waals surface area contributed by atoms with Gasteiger partial charge in [0.15, 0.2) is 0 Å². The lowest BCUT2D eigenvalue weighted by Gasteiger charge is -2.05. The number of rotatable bonds is 8. The molecule has 0 radical (unpaired) electrons. The molecule has 7 heteroatoms. The predicted octanol–water partition coefficient (Wildman–Crippen LogP) is 1.74. The lowest BCUT2D eigenvalue weighted by Crippen LogP contribution is -2.18. The Labute approximate surface area is 134 Å². The van der Waals surface area contributed by atoms with Crippen molar-refractivity contribution in [3.63, 3.8) is 0 Å². The van der Waals surface area contributed by atoms with Gasteiger partial charge in [0, 0.05) is 0 Å². The fourth-order valence-corrected chi connectivity index (χ4v) is 1.92. The number of hydrogen-bond donors (Lipinski definition) is 3. The summed E-state index contributed by atoms with van der Waals surface area (Å²) in [6.45, 7) is 2.18. The summed E-state index contributed by atoms with van der Waals surface area (Å²) in [5, 5.41) is 18.2. The van der Waals surface area contributed by atoms with E-state index < -0.39 is 11.9 Å². The maximum atomic E-state index is 9.10. The zero-order valence-electron chi connectivity index (χ0n) is 12.9. The largest absolute Gasteiger partial charge is 0.497 e. The average molecular weight is 329 g/mol. The predicted molar refractivity (Wildman–Crippen MR) is 87.8 cm³/mol. The summed E-state index contributed by atoms with van der Waals surface area (Å²) in [6, 6.07) is 8.29. The van der Waals surface area contributed by atoms with Crippen molar-refractivity contribution in [2.45, 2.75) is 12.8 Å². The van der Waals surface area contributed by atoms with Crippen molar-refractivity contribution in [3.05, 3.63) is 29.8 Å². The molecule has 0 fully saturated rings. The second kappa shape index (κ2) is 13.0. The molecule has 1 rings (SSSR count). The third-order valence-electron chi connectivity index (χ3n) is 2.63. The van der Waals surface area contributed by atoms with Crippen molar-refractivity contribution in [2.24, 2.45) is 0 Å². The Hall–Kier alpha value is -1.73. The number of benzene rings is 1. The van der Waals surface area contributed by atoms with E-state index in [9.17, 15) is 0 Å². The molecule has 124 valence electrons. The van der Waals surface area contributed by atoms with Gasteiger partial charge in [0.25, 0.3) is 0 Å². The summed E-state index contributed by atoms with van der Waals surface area (Å²) in [5.74, 6) is -1.48. The van der Waals surface area contributed by atoms with Crippen LogP contribution in [0.4, 0.5) is 0 Å². The minimum absolute atomic E-state index is 0.927. The molecule has 0 aliphatic carbocycles. The van der Waals surface area contributed by atoms with E-state index in [4.69, 9.17) is 24.5 Å². The van der Waals surface area contributed by atoms with Crippen LogP contribution in [0.5, 0.6) is 5.75 Å². The van der Waals surface area contributed by atoms with Gasteiger partial charge < -0.3 is 20.3 Å². The van der Waals surface area contributed by atoms with Gasteiger partial charge in [-0.25, -0.2) is 9.59 Å². The first-order valence-electron chi connectivity index (χ1n) is 6.80. The van der Waals surface area contributed by atoms with Gasteiger partial charge in [0.05, 0.1) is 7.11 Å². The smallest absolute Gasteiger partial charge is 0.414 e. The van der Waals surface area contributed by atoms with Crippen molar-refractivity contribution < 1.29 is 24.5 Å². The van der Waals surface area contributed by atoms with E-state index in [2.05, 4.69) is 23.7 Å². The molecule has 0 unspecified atom stereocenters. The summed E-state index contributed by atoms with van der Waals surface area (Å²) in [4.78, 5) is 18.2. The number of nitrogens with one attached hydrogen (secondary N) is 1. The Kier molecular flexibility index (Phi) is 11.9. The molecule has 1 aromatic rings. The summed E-state index contributed by atoms with van der Waals surface area (Å²) in [6.07, 6.45) is 4.49. The van der Waals surface area contributed by atoms with Crippen LogP contribution in [0.3, 0.4) is 0 Å². The standard InChI is InChI=1S/C13H21NOS.C2H2O4/c1-15-13-6-4-12(5-7-13)8-10-14-9-3-11-16-2;3-1(4)2(5)6/h4-7,14H,3,8-11H2,1-2H3;(H,3,4)(H,5,6). The van der Waals surface area contributed by atoms with Gasteiger partial charge in [-0.3, -0.25) is 0 Å². The van der Waals surface area contributed by atoms with Crippen LogP contribution in [0.15, 0.2) is 24.3 Å². The van der Waals surface area contributed by atoms with Crippen LogP contribution in [0.2, 0.25) is 0 Å². The number of carboxylic acid groups (broad SMARTS) is 2. The molecule has 0 bridgehead atoms. The molecule has 0 aromatic heterocycles. The van der Waals surface area contributed by atoms with E-state index in [-0.39, 0.29) is 0 Å². The van der Waals surface area contributed by atoms with Crippen LogP contribution < -0.4 is 10.1 Å².